The van der Waals surface area contributed by atoms with Crippen LogP contribution in [0.2, 0.25) is 0 Å². The Labute approximate surface area is 151 Å². The van der Waals surface area contributed by atoms with Crippen molar-refractivity contribution in [3.05, 3.63) is 12.2 Å². The molecule has 0 aromatic rings. The number of amides is 2. The monoisotopic (exact) mass is 369 g/mol. The number of carbonyl (C=O) groups is 2. The van der Waals surface area contributed by atoms with E-state index in [9.17, 15) is 9.59 Å². The van der Waals surface area contributed by atoms with Gasteiger partial charge in [-0.2, -0.15) is 0 Å². The van der Waals surface area contributed by atoms with Crippen LogP contribution in [0.15, 0.2) is 12.2 Å². The van der Waals surface area contributed by atoms with Crippen LogP contribution in [0.25, 0.3) is 0 Å². The third kappa shape index (κ3) is 2.49. The van der Waals surface area contributed by atoms with Gasteiger partial charge in [0.25, 0.3) is 5.91 Å². The number of nitrogens with zero attached hydrogens (tertiary/aromatic N) is 1. The number of rotatable bonds is 1. The fourth-order valence-electron chi connectivity index (χ4n) is 3.96. The minimum absolute atomic E-state index is 0.178. The first kappa shape index (κ1) is 17.9. The fourth-order valence-corrected chi connectivity index (χ4v) is 3.96. The molecule has 5 atom stereocenters. The van der Waals surface area contributed by atoms with Crippen LogP contribution in [0.3, 0.4) is 0 Å². The zero-order chi connectivity index (χ0) is 18.9. The first-order chi connectivity index (χ1) is 12.1. The fraction of sp³-hybridized carbons (Fsp3) is 0.765. The van der Waals surface area contributed by atoms with E-state index in [-0.39, 0.29) is 6.61 Å². The third-order valence-corrected chi connectivity index (χ3v) is 4.80. The lowest BCUT2D eigenvalue weighted by molar-refractivity contribution is -0.303. The second-order valence-corrected chi connectivity index (χ2v) is 7.68. The summed E-state index contributed by atoms with van der Waals surface area (Å²) >= 11 is 0. The van der Waals surface area contributed by atoms with Crippen molar-refractivity contribution < 1.29 is 38.0 Å². The number of carbonyl (C=O) groups excluding carboxylic acids is 2. The Morgan fingerprint density at radius 2 is 1.69 bits per heavy atom. The molecule has 4 aliphatic heterocycles. The normalized spacial score (nSPS) is 43.0. The standard InChI is InChI=1S/C17H23NO8/c1-6-7-9(19)18-14(20)21-8-17(18)12-10(22-15(2,3)24-12)11-13(26-17)25-16(4,5)23-11/h6-7,10-13H,8H2,1-5H3/b7-6+/t10-,11-,12-,13+,17-/m1/s1. The number of allylic oxidation sites excluding steroid dienone is 1. The summed E-state index contributed by atoms with van der Waals surface area (Å²) in [5, 5.41) is 0. The molecule has 0 aromatic carbocycles. The van der Waals surface area contributed by atoms with Gasteiger partial charge < -0.3 is 28.4 Å². The lowest BCUT2D eigenvalue weighted by Gasteiger charge is -2.45. The van der Waals surface area contributed by atoms with Crippen LogP contribution in [-0.4, -0.2) is 65.4 Å². The number of fused-ring (bicyclic) bond motifs is 4. The summed E-state index contributed by atoms with van der Waals surface area (Å²) in [5.74, 6) is -2.40. The van der Waals surface area contributed by atoms with Gasteiger partial charge in [-0.1, -0.05) is 6.08 Å². The molecule has 0 saturated carbocycles. The molecule has 4 fully saturated rings. The van der Waals surface area contributed by atoms with E-state index < -0.39 is 53.9 Å². The SMILES string of the molecule is C/C=C/C(=O)N1C(=O)OC[C@]12O[C@@H]1OC(C)(C)O[C@@H]1[C@H]1OC(C)(C)O[C@H]12. The van der Waals surface area contributed by atoms with Crippen molar-refractivity contribution in [2.75, 3.05) is 6.61 Å². The minimum Gasteiger partial charge on any atom is -0.444 e. The average molecular weight is 369 g/mol. The van der Waals surface area contributed by atoms with Crippen molar-refractivity contribution in [2.24, 2.45) is 0 Å². The van der Waals surface area contributed by atoms with E-state index in [1.807, 2.05) is 0 Å². The smallest absolute Gasteiger partial charge is 0.419 e. The number of ether oxygens (including phenoxy) is 6. The Morgan fingerprint density at radius 3 is 2.38 bits per heavy atom. The maximum Gasteiger partial charge on any atom is 0.419 e. The van der Waals surface area contributed by atoms with E-state index in [0.717, 1.165) is 4.90 Å². The molecule has 9 heteroatoms. The Hall–Kier alpha value is -1.52. The Kier molecular flexibility index (Phi) is 3.78. The van der Waals surface area contributed by atoms with Crippen LogP contribution in [0.5, 0.6) is 0 Å². The van der Waals surface area contributed by atoms with Crippen LogP contribution in [0.4, 0.5) is 4.79 Å². The van der Waals surface area contributed by atoms with Crippen LogP contribution in [-0.2, 0) is 33.2 Å². The minimum atomic E-state index is -1.49. The zero-order valence-electron chi connectivity index (χ0n) is 15.4. The summed E-state index contributed by atoms with van der Waals surface area (Å²) in [6.45, 7) is 8.53. The predicted molar refractivity (Wildman–Crippen MR) is 84.5 cm³/mol. The van der Waals surface area contributed by atoms with Crippen molar-refractivity contribution in [1.29, 1.82) is 0 Å². The lowest BCUT2D eigenvalue weighted by atomic mass is 9.93. The van der Waals surface area contributed by atoms with Crippen molar-refractivity contribution in [2.45, 2.75) is 76.5 Å². The van der Waals surface area contributed by atoms with Gasteiger partial charge >= 0.3 is 6.09 Å². The van der Waals surface area contributed by atoms with Crippen LogP contribution < -0.4 is 0 Å². The summed E-state index contributed by atoms with van der Waals surface area (Å²) in [7, 11) is 0. The summed E-state index contributed by atoms with van der Waals surface area (Å²) in [5.41, 5.74) is -1.49. The van der Waals surface area contributed by atoms with Gasteiger partial charge in [0.1, 0.15) is 24.9 Å². The molecule has 144 valence electrons. The molecular formula is C17H23NO8. The first-order valence-corrected chi connectivity index (χ1v) is 8.61. The molecule has 9 nitrogen and oxygen atoms in total. The van der Waals surface area contributed by atoms with Gasteiger partial charge in [-0.3, -0.25) is 4.79 Å². The van der Waals surface area contributed by atoms with Gasteiger partial charge in [-0.15, -0.1) is 0 Å². The molecule has 0 radical (unpaired) electrons. The van der Waals surface area contributed by atoms with Crippen molar-refractivity contribution in [1.82, 2.24) is 4.90 Å². The second kappa shape index (κ2) is 5.49. The van der Waals surface area contributed by atoms with Crippen LogP contribution in [0, 0.1) is 0 Å². The van der Waals surface area contributed by atoms with Gasteiger partial charge in [0, 0.05) is 0 Å². The summed E-state index contributed by atoms with van der Waals surface area (Å²) < 4.78 is 35.2. The van der Waals surface area contributed by atoms with Gasteiger partial charge in [0.15, 0.2) is 17.9 Å². The van der Waals surface area contributed by atoms with E-state index in [4.69, 9.17) is 28.4 Å². The number of cyclic esters (lactones) is 1. The Balaban J connectivity index is 1.78. The van der Waals surface area contributed by atoms with Crippen LogP contribution >= 0.6 is 0 Å². The highest BCUT2D eigenvalue weighted by molar-refractivity contribution is 6.00. The molecule has 0 N–H and O–H groups in total. The molecule has 4 aliphatic rings. The molecule has 0 bridgehead atoms. The maximum absolute atomic E-state index is 12.6. The number of imide groups is 1. The van der Waals surface area contributed by atoms with Gasteiger partial charge in [-0.25, -0.2) is 9.69 Å². The quantitative estimate of drug-likeness (QED) is 0.638. The largest absolute Gasteiger partial charge is 0.444 e. The molecule has 26 heavy (non-hydrogen) atoms. The molecule has 4 saturated heterocycles. The third-order valence-electron chi connectivity index (χ3n) is 4.80. The summed E-state index contributed by atoms with van der Waals surface area (Å²) in [4.78, 5) is 25.9. The molecule has 4 rings (SSSR count). The van der Waals surface area contributed by atoms with E-state index in [2.05, 4.69) is 0 Å². The van der Waals surface area contributed by atoms with Gasteiger partial charge in [0.2, 0.25) is 5.72 Å². The van der Waals surface area contributed by atoms with Crippen molar-refractivity contribution in [3.63, 3.8) is 0 Å². The van der Waals surface area contributed by atoms with E-state index in [1.54, 1.807) is 40.7 Å². The Morgan fingerprint density at radius 1 is 1.04 bits per heavy atom. The molecular weight excluding hydrogens is 346 g/mol. The average Bonchev–Trinajstić information content (AvgIpc) is 3.11. The number of hydrogen-bond acceptors (Lipinski definition) is 8. The van der Waals surface area contributed by atoms with Gasteiger partial charge in [-0.05, 0) is 40.7 Å². The first-order valence-electron chi connectivity index (χ1n) is 8.61. The molecule has 4 heterocycles. The van der Waals surface area contributed by atoms with E-state index >= 15 is 0 Å². The molecule has 1 spiro atoms. The van der Waals surface area contributed by atoms with Gasteiger partial charge in [0.05, 0.1) is 0 Å². The lowest BCUT2D eigenvalue weighted by Crippen LogP contribution is -2.69. The molecule has 0 aromatic heterocycles. The number of hydrogen-bond donors (Lipinski definition) is 0. The van der Waals surface area contributed by atoms with Crippen LogP contribution in [0.1, 0.15) is 34.6 Å². The highest BCUT2D eigenvalue weighted by Crippen LogP contribution is 2.50. The molecule has 2 amide bonds. The Bertz CT molecular complexity index is 674. The topological polar surface area (TPSA) is 92.8 Å². The zero-order valence-corrected chi connectivity index (χ0v) is 15.4. The molecule has 0 aliphatic carbocycles. The predicted octanol–water partition coefficient (Wildman–Crippen LogP) is 1.27. The summed E-state index contributed by atoms with van der Waals surface area (Å²) in [6.07, 6.45) is -0.750. The highest BCUT2D eigenvalue weighted by Gasteiger charge is 2.71. The molecule has 0 unspecified atom stereocenters. The van der Waals surface area contributed by atoms with E-state index in [0.29, 0.717) is 0 Å². The van der Waals surface area contributed by atoms with E-state index in [1.165, 1.54) is 6.08 Å². The second-order valence-electron chi connectivity index (χ2n) is 7.68. The highest BCUT2D eigenvalue weighted by atomic mass is 16.9. The van der Waals surface area contributed by atoms with Crippen molar-refractivity contribution >= 4 is 12.0 Å². The van der Waals surface area contributed by atoms with Crippen molar-refractivity contribution in [3.8, 4) is 0 Å². The summed E-state index contributed by atoms with van der Waals surface area (Å²) in [6, 6.07) is 0. The maximum atomic E-state index is 12.6.